The van der Waals surface area contributed by atoms with Gasteiger partial charge in [0, 0.05) is 11.8 Å². The summed E-state index contributed by atoms with van der Waals surface area (Å²) in [5, 5.41) is 0. The fourth-order valence-electron chi connectivity index (χ4n) is 7.08. The highest BCUT2D eigenvalue weighted by Crippen LogP contribution is 2.70. The molecule has 1 spiro atoms. The van der Waals surface area contributed by atoms with Crippen LogP contribution in [-0.2, 0) is 4.79 Å². The van der Waals surface area contributed by atoms with Gasteiger partial charge < -0.3 is 0 Å². The maximum Gasteiger partial charge on any atom is 0.139 e. The zero-order chi connectivity index (χ0) is 15.1. The van der Waals surface area contributed by atoms with Crippen LogP contribution in [0.2, 0.25) is 0 Å². The lowest BCUT2D eigenvalue weighted by molar-refractivity contribution is -0.168. The molecule has 21 heavy (non-hydrogen) atoms. The molecule has 0 radical (unpaired) electrons. The molecule has 1 heteroatoms. The Balaban J connectivity index is 1.80. The van der Waals surface area contributed by atoms with Gasteiger partial charge >= 0.3 is 0 Å². The third-order valence-corrected chi connectivity index (χ3v) is 8.14. The monoisotopic (exact) mass is 286 g/mol. The van der Waals surface area contributed by atoms with E-state index in [0.29, 0.717) is 33.9 Å². The van der Waals surface area contributed by atoms with Gasteiger partial charge in [0.2, 0.25) is 0 Å². The van der Waals surface area contributed by atoms with Crippen LogP contribution in [0.25, 0.3) is 0 Å². The van der Waals surface area contributed by atoms with Crippen LogP contribution in [0, 0.1) is 33.5 Å². The Morgan fingerprint density at radius 3 is 2.43 bits per heavy atom. The minimum absolute atomic E-state index is 0.0595. The number of fused-ring (bicyclic) bond motifs is 3. The lowest BCUT2D eigenvalue weighted by atomic mass is 9.40. The Kier molecular flexibility index (Phi) is 2.56. The van der Waals surface area contributed by atoms with E-state index in [1.807, 2.05) is 0 Å². The third kappa shape index (κ3) is 1.61. The predicted molar refractivity (Wildman–Crippen MR) is 85.9 cm³/mol. The summed E-state index contributed by atoms with van der Waals surface area (Å²) in [6, 6.07) is 0. The highest BCUT2D eigenvalue weighted by Gasteiger charge is 2.65. The SMILES string of the molecule is CC12C=CC3(CCC4C(C)(C)CCC(=O)C4(C)C3CC1)C2. The van der Waals surface area contributed by atoms with Gasteiger partial charge in [-0.3, -0.25) is 4.79 Å². The Morgan fingerprint density at radius 2 is 1.67 bits per heavy atom. The van der Waals surface area contributed by atoms with Gasteiger partial charge in [-0.25, -0.2) is 0 Å². The summed E-state index contributed by atoms with van der Waals surface area (Å²) in [4.78, 5) is 13.0. The van der Waals surface area contributed by atoms with Gasteiger partial charge in [-0.2, -0.15) is 0 Å². The molecule has 3 fully saturated rings. The number of Topliss-reactive ketones (excluding diaryl/α,β-unsaturated/α-hetero) is 1. The molecule has 5 atom stereocenters. The highest BCUT2D eigenvalue weighted by atomic mass is 16.1. The Hall–Kier alpha value is -0.590. The number of allylic oxidation sites excluding steroid dienone is 2. The van der Waals surface area contributed by atoms with Crippen LogP contribution < -0.4 is 0 Å². The quantitative estimate of drug-likeness (QED) is 0.562. The third-order valence-electron chi connectivity index (χ3n) is 8.14. The van der Waals surface area contributed by atoms with Crippen molar-refractivity contribution in [2.75, 3.05) is 0 Å². The number of rotatable bonds is 0. The van der Waals surface area contributed by atoms with Crippen molar-refractivity contribution in [2.24, 2.45) is 33.5 Å². The number of hydrogen-bond acceptors (Lipinski definition) is 1. The van der Waals surface area contributed by atoms with E-state index >= 15 is 0 Å². The molecule has 0 saturated heterocycles. The lowest BCUT2D eigenvalue weighted by Gasteiger charge is -2.63. The second kappa shape index (κ2) is 3.84. The van der Waals surface area contributed by atoms with Crippen molar-refractivity contribution >= 4 is 5.78 Å². The molecular weight excluding hydrogens is 256 g/mol. The first-order valence-corrected chi connectivity index (χ1v) is 8.96. The molecule has 1 nitrogen and oxygen atoms in total. The molecule has 116 valence electrons. The standard InChI is InChI=1S/C20H30O/c1-17(2)8-7-16(21)19(4)14(17)6-10-20-12-11-18(3,13-20)9-5-15(19)20/h11-12,14-15H,5-10,13H2,1-4H3. The summed E-state index contributed by atoms with van der Waals surface area (Å²) in [7, 11) is 0. The zero-order valence-corrected chi connectivity index (χ0v) is 14.2. The molecule has 3 saturated carbocycles. The van der Waals surface area contributed by atoms with E-state index in [1.54, 1.807) is 0 Å². The van der Waals surface area contributed by atoms with Crippen LogP contribution in [0.15, 0.2) is 12.2 Å². The van der Waals surface area contributed by atoms with Gasteiger partial charge in [-0.05, 0) is 66.6 Å². The second-order valence-electron chi connectivity index (χ2n) is 9.77. The Morgan fingerprint density at radius 1 is 0.952 bits per heavy atom. The van der Waals surface area contributed by atoms with Crippen molar-refractivity contribution in [3.8, 4) is 0 Å². The second-order valence-corrected chi connectivity index (χ2v) is 9.77. The molecule has 0 aliphatic heterocycles. The van der Waals surface area contributed by atoms with E-state index in [9.17, 15) is 4.79 Å². The van der Waals surface area contributed by atoms with Gasteiger partial charge in [0.25, 0.3) is 0 Å². The molecule has 0 aromatic carbocycles. The van der Waals surface area contributed by atoms with Crippen molar-refractivity contribution < 1.29 is 4.79 Å². The maximum absolute atomic E-state index is 13.0. The summed E-state index contributed by atoms with van der Waals surface area (Å²) in [6.07, 6.45) is 13.4. The van der Waals surface area contributed by atoms with Crippen LogP contribution in [0.4, 0.5) is 0 Å². The molecule has 4 aliphatic rings. The van der Waals surface area contributed by atoms with Crippen molar-refractivity contribution in [1.29, 1.82) is 0 Å². The predicted octanol–water partition coefficient (Wildman–Crippen LogP) is 5.15. The Labute approximate surface area is 129 Å². The maximum atomic E-state index is 13.0. The summed E-state index contributed by atoms with van der Waals surface area (Å²) < 4.78 is 0. The van der Waals surface area contributed by atoms with E-state index in [1.165, 1.54) is 32.1 Å². The molecule has 4 rings (SSSR count). The van der Waals surface area contributed by atoms with E-state index in [4.69, 9.17) is 0 Å². The molecule has 0 aromatic heterocycles. The van der Waals surface area contributed by atoms with Gasteiger partial charge in [0.1, 0.15) is 5.78 Å². The number of carbonyl (C=O) groups excluding carboxylic acids is 1. The lowest BCUT2D eigenvalue weighted by Crippen LogP contribution is -2.60. The molecule has 4 aliphatic carbocycles. The smallest absolute Gasteiger partial charge is 0.139 e. The number of carbonyl (C=O) groups is 1. The Bertz CT molecular complexity index is 530. The van der Waals surface area contributed by atoms with E-state index in [0.717, 1.165) is 12.8 Å². The largest absolute Gasteiger partial charge is 0.299 e. The molecule has 5 unspecified atom stereocenters. The minimum Gasteiger partial charge on any atom is -0.299 e. The van der Waals surface area contributed by atoms with E-state index in [2.05, 4.69) is 39.8 Å². The molecular formula is C20H30O. The van der Waals surface area contributed by atoms with E-state index < -0.39 is 0 Å². The van der Waals surface area contributed by atoms with Crippen molar-refractivity contribution in [2.45, 2.75) is 72.6 Å². The fraction of sp³-hybridized carbons (Fsp3) is 0.850. The van der Waals surface area contributed by atoms with Crippen molar-refractivity contribution in [3.63, 3.8) is 0 Å². The molecule has 2 bridgehead atoms. The van der Waals surface area contributed by atoms with Crippen molar-refractivity contribution in [1.82, 2.24) is 0 Å². The number of ketones is 1. The van der Waals surface area contributed by atoms with Crippen LogP contribution >= 0.6 is 0 Å². The molecule has 0 amide bonds. The van der Waals surface area contributed by atoms with Gasteiger partial charge in [-0.15, -0.1) is 0 Å². The summed E-state index contributed by atoms with van der Waals surface area (Å²) in [5.74, 6) is 1.78. The molecule has 0 heterocycles. The van der Waals surface area contributed by atoms with Crippen molar-refractivity contribution in [3.05, 3.63) is 12.2 Å². The van der Waals surface area contributed by atoms with Gasteiger partial charge in [0.15, 0.2) is 0 Å². The first-order valence-electron chi connectivity index (χ1n) is 8.96. The zero-order valence-electron chi connectivity index (χ0n) is 14.2. The van der Waals surface area contributed by atoms with E-state index in [-0.39, 0.29) is 5.41 Å². The fourth-order valence-corrected chi connectivity index (χ4v) is 7.08. The van der Waals surface area contributed by atoms with Crippen LogP contribution in [0.1, 0.15) is 72.6 Å². The topological polar surface area (TPSA) is 17.1 Å². The molecule has 0 N–H and O–H groups in total. The average molecular weight is 286 g/mol. The van der Waals surface area contributed by atoms with Crippen LogP contribution in [0.3, 0.4) is 0 Å². The summed E-state index contributed by atoms with van der Waals surface area (Å²) in [5.41, 5.74) is 1.05. The first-order chi connectivity index (χ1) is 9.72. The van der Waals surface area contributed by atoms with Gasteiger partial charge in [0.05, 0.1) is 0 Å². The summed E-state index contributed by atoms with van der Waals surface area (Å²) in [6.45, 7) is 9.60. The summed E-state index contributed by atoms with van der Waals surface area (Å²) >= 11 is 0. The number of hydrogen-bond donors (Lipinski definition) is 0. The highest BCUT2D eigenvalue weighted by molar-refractivity contribution is 5.86. The van der Waals surface area contributed by atoms with Gasteiger partial charge in [-0.1, -0.05) is 39.8 Å². The molecule has 0 aromatic rings. The van der Waals surface area contributed by atoms with Crippen LogP contribution in [-0.4, -0.2) is 5.78 Å². The minimum atomic E-state index is -0.0595. The normalized spacial score (nSPS) is 54.2. The average Bonchev–Trinajstić information content (AvgIpc) is 2.65. The van der Waals surface area contributed by atoms with Crippen LogP contribution in [0.5, 0.6) is 0 Å². The first kappa shape index (κ1) is 14.0.